The Morgan fingerprint density at radius 1 is 1.36 bits per heavy atom. The molecule has 1 aliphatic carbocycles. The van der Waals surface area contributed by atoms with Crippen molar-refractivity contribution in [2.24, 2.45) is 0 Å². The highest BCUT2D eigenvalue weighted by Gasteiger charge is 2.16. The molecule has 1 aromatic heterocycles. The fourth-order valence-electron chi connectivity index (χ4n) is 2.25. The molecule has 3 nitrogen and oxygen atoms in total. The Labute approximate surface area is 131 Å². The molecule has 0 aromatic carbocycles. The molecule has 0 spiro atoms. The number of hydrogen-bond donors (Lipinski definition) is 0. The topological polar surface area (TPSA) is 45.8 Å². The minimum atomic E-state index is -0.0166. The third kappa shape index (κ3) is 3.35. The lowest BCUT2D eigenvalue weighted by Gasteiger charge is -2.08. The summed E-state index contributed by atoms with van der Waals surface area (Å²) < 4.78 is 1.94. The Hall–Kier alpha value is -2.60. The SMILES string of the molecule is CC/C(C)=C/n1c(C)ccc1C(=O)C1=CCC=C(C#N)C=C1. The molecule has 0 atom stereocenters. The lowest BCUT2D eigenvalue weighted by molar-refractivity contribution is 0.103. The minimum absolute atomic E-state index is 0.0166. The zero-order valence-corrected chi connectivity index (χ0v) is 13.3. The number of hydrogen-bond acceptors (Lipinski definition) is 2. The van der Waals surface area contributed by atoms with E-state index in [-0.39, 0.29) is 5.78 Å². The molecule has 1 aromatic rings. The van der Waals surface area contributed by atoms with E-state index in [1.165, 1.54) is 5.57 Å². The summed E-state index contributed by atoms with van der Waals surface area (Å²) in [6, 6.07) is 5.91. The van der Waals surface area contributed by atoms with Gasteiger partial charge in [-0.2, -0.15) is 5.26 Å². The van der Waals surface area contributed by atoms with Crippen molar-refractivity contribution in [3.63, 3.8) is 0 Å². The molecule has 0 N–H and O–H groups in total. The average Bonchev–Trinajstić information content (AvgIpc) is 2.75. The first-order chi connectivity index (χ1) is 10.6. The second kappa shape index (κ2) is 6.91. The molecular weight excluding hydrogens is 272 g/mol. The Kier molecular flexibility index (Phi) is 4.95. The van der Waals surface area contributed by atoms with Gasteiger partial charge in [0.1, 0.15) is 0 Å². The molecule has 1 aliphatic rings. The van der Waals surface area contributed by atoms with Gasteiger partial charge < -0.3 is 4.57 Å². The third-order valence-corrected chi connectivity index (χ3v) is 3.77. The van der Waals surface area contributed by atoms with Crippen LogP contribution in [-0.4, -0.2) is 10.4 Å². The van der Waals surface area contributed by atoms with Gasteiger partial charge in [-0.25, -0.2) is 0 Å². The molecule has 0 radical (unpaired) electrons. The van der Waals surface area contributed by atoms with E-state index in [0.29, 0.717) is 23.3 Å². The van der Waals surface area contributed by atoms with E-state index in [2.05, 4.69) is 19.9 Å². The Balaban J connectivity index is 2.36. The van der Waals surface area contributed by atoms with E-state index >= 15 is 0 Å². The Bertz CT molecular complexity index is 749. The molecule has 0 saturated carbocycles. The van der Waals surface area contributed by atoms with E-state index in [1.54, 1.807) is 12.2 Å². The number of carbonyl (C=O) groups is 1. The van der Waals surface area contributed by atoms with Gasteiger partial charge in [-0.05, 0) is 51.0 Å². The highest BCUT2D eigenvalue weighted by molar-refractivity contribution is 6.10. The fourth-order valence-corrected chi connectivity index (χ4v) is 2.25. The number of aromatic nitrogens is 1. The van der Waals surface area contributed by atoms with Crippen molar-refractivity contribution in [1.29, 1.82) is 5.26 Å². The second-order valence-electron chi connectivity index (χ2n) is 5.39. The van der Waals surface area contributed by atoms with Crippen LogP contribution in [0.4, 0.5) is 0 Å². The number of aryl methyl sites for hydroxylation is 1. The maximum Gasteiger partial charge on any atom is 0.209 e. The number of rotatable bonds is 4. The Morgan fingerprint density at radius 2 is 2.14 bits per heavy atom. The molecule has 0 aliphatic heterocycles. The largest absolute Gasteiger partial charge is 0.318 e. The van der Waals surface area contributed by atoms with Crippen LogP contribution in [0.1, 0.15) is 42.9 Å². The van der Waals surface area contributed by atoms with E-state index in [0.717, 1.165) is 12.1 Å². The highest BCUT2D eigenvalue weighted by atomic mass is 16.1. The summed E-state index contributed by atoms with van der Waals surface area (Å²) in [4.78, 5) is 12.8. The number of ketones is 1. The van der Waals surface area contributed by atoms with Gasteiger partial charge in [0.05, 0.1) is 11.8 Å². The number of nitriles is 1. The maximum atomic E-state index is 12.8. The molecule has 3 heteroatoms. The van der Waals surface area contributed by atoms with Crippen molar-refractivity contribution in [2.75, 3.05) is 0 Å². The van der Waals surface area contributed by atoms with Crippen molar-refractivity contribution in [1.82, 2.24) is 4.57 Å². The third-order valence-electron chi connectivity index (χ3n) is 3.77. The zero-order valence-electron chi connectivity index (χ0n) is 13.3. The second-order valence-corrected chi connectivity index (χ2v) is 5.39. The molecule has 0 bridgehead atoms. The van der Waals surface area contributed by atoms with Crippen molar-refractivity contribution in [2.45, 2.75) is 33.6 Å². The lowest BCUT2D eigenvalue weighted by atomic mass is 10.1. The van der Waals surface area contributed by atoms with Crippen molar-refractivity contribution >= 4 is 12.0 Å². The summed E-state index contributed by atoms with van der Waals surface area (Å²) in [5, 5.41) is 8.94. The van der Waals surface area contributed by atoms with Gasteiger partial charge >= 0.3 is 0 Å². The van der Waals surface area contributed by atoms with E-state index in [1.807, 2.05) is 42.0 Å². The molecule has 2 rings (SSSR count). The molecule has 0 unspecified atom stereocenters. The highest BCUT2D eigenvalue weighted by Crippen LogP contribution is 2.19. The number of allylic oxidation sites excluding steroid dienone is 7. The predicted octanol–water partition coefficient (Wildman–Crippen LogP) is 4.59. The first kappa shape index (κ1) is 15.8. The van der Waals surface area contributed by atoms with Crippen LogP contribution >= 0.6 is 0 Å². The number of Topliss-reactive ketones (excluding diaryl/α,β-unsaturated/α-hetero) is 1. The van der Waals surface area contributed by atoms with Gasteiger partial charge in [0.15, 0.2) is 0 Å². The van der Waals surface area contributed by atoms with Crippen molar-refractivity contribution in [3.05, 3.63) is 64.5 Å². The molecule has 1 heterocycles. The standard InChI is InChI=1S/C19H20N2O/c1-4-14(2)13-21-15(3)8-11-18(21)19(22)17-7-5-6-16(12-20)9-10-17/h6-11,13H,4-5H2,1-3H3/b14-13+. The molecule has 0 fully saturated rings. The fraction of sp³-hybridized carbons (Fsp3) is 0.263. The van der Waals surface area contributed by atoms with E-state index in [4.69, 9.17) is 5.26 Å². The molecular formula is C19H20N2O. The van der Waals surface area contributed by atoms with Crippen molar-refractivity contribution in [3.8, 4) is 6.07 Å². The summed E-state index contributed by atoms with van der Waals surface area (Å²) in [6.07, 6.45) is 10.7. The lowest BCUT2D eigenvalue weighted by Crippen LogP contribution is -2.08. The average molecular weight is 292 g/mol. The van der Waals surface area contributed by atoms with Gasteiger partial charge in [-0.15, -0.1) is 0 Å². The van der Waals surface area contributed by atoms with Crippen LogP contribution in [0, 0.1) is 18.3 Å². The molecule has 0 amide bonds. The van der Waals surface area contributed by atoms with E-state index < -0.39 is 0 Å². The first-order valence-corrected chi connectivity index (χ1v) is 7.45. The van der Waals surface area contributed by atoms with Crippen LogP contribution in [0.5, 0.6) is 0 Å². The molecule has 112 valence electrons. The summed E-state index contributed by atoms with van der Waals surface area (Å²) in [6.45, 7) is 6.14. The Morgan fingerprint density at radius 3 is 2.82 bits per heavy atom. The smallest absolute Gasteiger partial charge is 0.209 e. The first-order valence-electron chi connectivity index (χ1n) is 7.45. The van der Waals surface area contributed by atoms with Gasteiger partial charge in [-0.3, -0.25) is 4.79 Å². The van der Waals surface area contributed by atoms with Crippen LogP contribution in [-0.2, 0) is 0 Å². The summed E-state index contributed by atoms with van der Waals surface area (Å²) in [5.41, 5.74) is 4.12. The normalized spacial score (nSPS) is 14.9. The summed E-state index contributed by atoms with van der Waals surface area (Å²) in [7, 11) is 0. The van der Waals surface area contributed by atoms with Crippen molar-refractivity contribution < 1.29 is 4.79 Å². The monoisotopic (exact) mass is 292 g/mol. The predicted molar refractivity (Wildman–Crippen MR) is 89.3 cm³/mol. The number of carbonyl (C=O) groups excluding carboxylic acids is 1. The van der Waals surface area contributed by atoms with Crippen LogP contribution < -0.4 is 0 Å². The molecule has 22 heavy (non-hydrogen) atoms. The van der Waals surface area contributed by atoms with Gasteiger partial charge in [0, 0.05) is 23.0 Å². The summed E-state index contributed by atoms with van der Waals surface area (Å²) in [5.74, 6) is -0.0166. The van der Waals surface area contributed by atoms with Gasteiger partial charge in [0.2, 0.25) is 5.78 Å². The van der Waals surface area contributed by atoms with Crippen LogP contribution in [0.2, 0.25) is 0 Å². The quantitative estimate of drug-likeness (QED) is 0.762. The number of nitrogens with zero attached hydrogens (tertiary/aromatic N) is 2. The van der Waals surface area contributed by atoms with Gasteiger partial charge in [-0.1, -0.05) is 24.6 Å². The van der Waals surface area contributed by atoms with Crippen LogP contribution in [0.25, 0.3) is 6.20 Å². The maximum absolute atomic E-state index is 12.8. The van der Waals surface area contributed by atoms with Gasteiger partial charge in [0.25, 0.3) is 0 Å². The van der Waals surface area contributed by atoms with E-state index in [9.17, 15) is 4.79 Å². The minimum Gasteiger partial charge on any atom is -0.318 e. The molecule has 0 saturated heterocycles. The van der Waals surface area contributed by atoms with Crippen LogP contribution in [0.15, 0.2) is 53.2 Å². The van der Waals surface area contributed by atoms with Crippen LogP contribution in [0.3, 0.4) is 0 Å². The zero-order chi connectivity index (χ0) is 16.1. The summed E-state index contributed by atoms with van der Waals surface area (Å²) >= 11 is 0.